The van der Waals surface area contributed by atoms with Gasteiger partial charge in [0.2, 0.25) is 11.8 Å². The van der Waals surface area contributed by atoms with Crippen molar-refractivity contribution in [2.75, 3.05) is 16.8 Å². The number of nitrogens with two attached hydrogens (primary N) is 1. The maximum absolute atomic E-state index is 12.8. The first-order valence-electron chi connectivity index (χ1n) is 9.98. The number of para-hydroxylation sites is 1. The third kappa shape index (κ3) is 4.60. The van der Waals surface area contributed by atoms with Crippen LogP contribution in [0.25, 0.3) is 0 Å². The van der Waals surface area contributed by atoms with Gasteiger partial charge in [0.15, 0.2) is 0 Å². The second-order valence-electron chi connectivity index (χ2n) is 7.77. The molecule has 1 aliphatic rings. The number of carbonyl (C=O) groups excluding carboxylic acids is 2. The third-order valence-corrected chi connectivity index (χ3v) is 5.27. The minimum Gasteiger partial charge on any atom is -0.325 e. The minimum absolute atomic E-state index is 0.0985. The van der Waals surface area contributed by atoms with Crippen LogP contribution < -0.4 is 16.0 Å². The zero-order valence-corrected chi connectivity index (χ0v) is 16.7. The third-order valence-electron chi connectivity index (χ3n) is 5.27. The number of anilines is 2. The number of carbonyl (C=O) groups is 2. The molecule has 0 bridgehead atoms. The molecule has 0 saturated carbocycles. The van der Waals surface area contributed by atoms with Crippen LogP contribution in [0.3, 0.4) is 0 Å². The molecular formula is C23H29N3O2. The second kappa shape index (κ2) is 8.57. The molecule has 0 radical (unpaired) electrons. The van der Waals surface area contributed by atoms with Crippen molar-refractivity contribution in [1.82, 2.24) is 0 Å². The number of rotatable bonds is 6. The predicted molar refractivity (Wildman–Crippen MR) is 113 cm³/mol. The highest BCUT2D eigenvalue weighted by Gasteiger charge is 2.27. The molecule has 0 saturated heterocycles. The molecule has 0 fully saturated rings. The first-order valence-corrected chi connectivity index (χ1v) is 9.98. The molecule has 0 spiro atoms. The predicted octanol–water partition coefficient (Wildman–Crippen LogP) is 3.66. The quantitative estimate of drug-likeness (QED) is 0.804. The fourth-order valence-corrected chi connectivity index (χ4v) is 3.68. The van der Waals surface area contributed by atoms with Crippen molar-refractivity contribution in [3.8, 4) is 0 Å². The molecule has 3 rings (SSSR count). The smallest absolute Gasteiger partial charge is 0.244 e. The van der Waals surface area contributed by atoms with Crippen LogP contribution in [0.15, 0.2) is 48.5 Å². The molecule has 28 heavy (non-hydrogen) atoms. The maximum Gasteiger partial charge on any atom is 0.244 e. The molecule has 2 aromatic rings. The highest BCUT2D eigenvalue weighted by atomic mass is 16.2. The summed E-state index contributed by atoms with van der Waals surface area (Å²) in [5.41, 5.74) is 9.07. The molecule has 3 N–H and O–H groups in total. The molecule has 0 aliphatic carbocycles. The highest BCUT2D eigenvalue weighted by molar-refractivity contribution is 5.98. The maximum atomic E-state index is 12.8. The molecule has 1 atom stereocenters. The summed E-state index contributed by atoms with van der Waals surface area (Å²) in [6, 6.07) is 15.5. The number of hydrogen-bond donors (Lipinski definition) is 2. The lowest BCUT2D eigenvalue weighted by Crippen LogP contribution is -2.48. The molecule has 148 valence electrons. The number of amides is 2. The minimum atomic E-state index is -0.884. The Bertz CT molecular complexity index is 843. The van der Waals surface area contributed by atoms with Crippen LogP contribution in [0.1, 0.15) is 44.2 Å². The van der Waals surface area contributed by atoms with Gasteiger partial charge in [0, 0.05) is 17.9 Å². The van der Waals surface area contributed by atoms with Crippen molar-refractivity contribution >= 4 is 23.2 Å². The van der Waals surface area contributed by atoms with Gasteiger partial charge in [-0.2, -0.15) is 0 Å². The van der Waals surface area contributed by atoms with Gasteiger partial charge in [-0.05, 0) is 55.5 Å². The first kappa shape index (κ1) is 20.1. The molecule has 5 heteroatoms. The van der Waals surface area contributed by atoms with E-state index in [-0.39, 0.29) is 11.8 Å². The highest BCUT2D eigenvalue weighted by Crippen LogP contribution is 2.27. The lowest BCUT2D eigenvalue weighted by Gasteiger charge is -2.29. The Balaban J connectivity index is 1.63. The van der Waals surface area contributed by atoms with Gasteiger partial charge in [0.05, 0.1) is 12.0 Å². The lowest BCUT2D eigenvalue weighted by atomic mass is 9.96. The van der Waals surface area contributed by atoms with Gasteiger partial charge in [-0.25, -0.2) is 0 Å². The summed E-state index contributed by atoms with van der Waals surface area (Å²) >= 11 is 0. The molecule has 2 amide bonds. The molecule has 2 aromatic carbocycles. The van der Waals surface area contributed by atoms with Gasteiger partial charge in [0.1, 0.15) is 0 Å². The first-order chi connectivity index (χ1) is 13.4. The standard InChI is InChI=1S/C23H29N3O2/c1-3-14-23(2,24)22(28)25-19-12-10-17(11-13-19)16-21(27)26-15-6-8-18-7-4-5-9-20(18)26/h4-5,7,9-13H,3,6,8,14-16,24H2,1-2H3,(H,25,28). The van der Waals surface area contributed by atoms with E-state index < -0.39 is 5.54 Å². The summed E-state index contributed by atoms with van der Waals surface area (Å²) in [4.78, 5) is 27.0. The Labute approximate surface area is 166 Å². The van der Waals surface area contributed by atoms with E-state index >= 15 is 0 Å². The summed E-state index contributed by atoms with van der Waals surface area (Å²) in [5.74, 6) is -0.0930. The van der Waals surface area contributed by atoms with Crippen LogP contribution >= 0.6 is 0 Å². The fraction of sp³-hybridized carbons (Fsp3) is 0.391. The fourth-order valence-electron chi connectivity index (χ4n) is 3.68. The average Bonchev–Trinajstić information content (AvgIpc) is 2.69. The van der Waals surface area contributed by atoms with Crippen molar-refractivity contribution in [3.63, 3.8) is 0 Å². The van der Waals surface area contributed by atoms with Gasteiger partial charge >= 0.3 is 0 Å². The molecular weight excluding hydrogens is 350 g/mol. The van der Waals surface area contributed by atoms with E-state index in [4.69, 9.17) is 5.73 Å². The number of nitrogens with zero attached hydrogens (tertiary/aromatic N) is 1. The van der Waals surface area contributed by atoms with Gasteiger partial charge in [-0.1, -0.05) is 43.7 Å². The van der Waals surface area contributed by atoms with E-state index in [0.29, 0.717) is 18.5 Å². The second-order valence-corrected chi connectivity index (χ2v) is 7.77. The van der Waals surface area contributed by atoms with Gasteiger partial charge in [0.25, 0.3) is 0 Å². The van der Waals surface area contributed by atoms with Crippen LogP contribution in [0, 0.1) is 0 Å². The Morgan fingerprint density at radius 2 is 1.86 bits per heavy atom. The zero-order valence-electron chi connectivity index (χ0n) is 16.7. The summed E-state index contributed by atoms with van der Waals surface area (Å²) in [7, 11) is 0. The van der Waals surface area contributed by atoms with Crippen LogP contribution in [-0.4, -0.2) is 23.9 Å². The zero-order chi connectivity index (χ0) is 20.1. The largest absolute Gasteiger partial charge is 0.325 e. The van der Waals surface area contributed by atoms with E-state index in [0.717, 1.165) is 37.1 Å². The van der Waals surface area contributed by atoms with Gasteiger partial charge in [-0.15, -0.1) is 0 Å². The molecule has 0 aromatic heterocycles. The number of fused-ring (bicyclic) bond motifs is 1. The Morgan fingerprint density at radius 3 is 2.57 bits per heavy atom. The number of nitrogens with one attached hydrogen (secondary N) is 1. The van der Waals surface area contributed by atoms with Crippen molar-refractivity contribution < 1.29 is 9.59 Å². The Hall–Kier alpha value is -2.66. The lowest BCUT2D eigenvalue weighted by molar-refractivity contribution is -0.121. The average molecular weight is 380 g/mol. The number of aryl methyl sites for hydroxylation is 1. The van der Waals surface area contributed by atoms with Crippen LogP contribution in [-0.2, 0) is 22.4 Å². The van der Waals surface area contributed by atoms with Crippen LogP contribution in [0.4, 0.5) is 11.4 Å². The topological polar surface area (TPSA) is 75.4 Å². The van der Waals surface area contributed by atoms with Crippen molar-refractivity contribution in [2.45, 2.75) is 51.5 Å². The summed E-state index contributed by atoms with van der Waals surface area (Å²) in [6.07, 6.45) is 3.83. The summed E-state index contributed by atoms with van der Waals surface area (Å²) in [5, 5.41) is 2.86. The van der Waals surface area contributed by atoms with Gasteiger partial charge in [-0.3, -0.25) is 9.59 Å². The Kier molecular flexibility index (Phi) is 6.15. The summed E-state index contributed by atoms with van der Waals surface area (Å²) in [6.45, 7) is 4.51. The normalized spacial score (nSPS) is 15.5. The monoisotopic (exact) mass is 379 g/mol. The molecule has 1 heterocycles. The summed E-state index contributed by atoms with van der Waals surface area (Å²) < 4.78 is 0. The van der Waals surface area contributed by atoms with E-state index in [1.54, 1.807) is 6.92 Å². The Morgan fingerprint density at radius 1 is 1.14 bits per heavy atom. The number of benzene rings is 2. The van der Waals surface area contributed by atoms with Crippen LogP contribution in [0.2, 0.25) is 0 Å². The molecule has 1 aliphatic heterocycles. The van der Waals surface area contributed by atoms with Crippen molar-refractivity contribution in [2.24, 2.45) is 5.73 Å². The van der Waals surface area contributed by atoms with E-state index in [1.165, 1.54) is 5.56 Å². The molecule has 5 nitrogen and oxygen atoms in total. The van der Waals surface area contributed by atoms with Gasteiger partial charge < -0.3 is 16.0 Å². The SMILES string of the molecule is CCCC(C)(N)C(=O)Nc1ccc(CC(=O)N2CCCc3ccccc32)cc1. The van der Waals surface area contributed by atoms with E-state index in [9.17, 15) is 9.59 Å². The van der Waals surface area contributed by atoms with Crippen molar-refractivity contribution in [1.29, 1.82) is 0 Å². The molecule has 1 unspecified atom stereocenters. The van der Waals surface area contributed by atoms with E-state index in [1.807, 2.05) is 54.3 Å². The van der Waals surface area contributed by atoms with Crippen LogP contribution in [0.5, 0.6) is 0 Å². The van der Waals surface area contributed by atoms with Crippen molar-refractivity contribution in [3.05, 3.63) is 59.7 Å². The van der Waals surface area contributed by atoms with E-state index in [2.05, 4.69) is 11.4 Å². The number of hydrogen-bond acceptors (Lipinski definition) is 3.